The quantitative estimate of drug-likeness (QED) is 0.718. The molecular formula is C12H19N3O3S2. The summed E-state index contributed by atoms with van der Waals surface area (Å²) in [6.07, 6.45) is 2.94. The van der Waals surface area contributed by atoms with Gasteiger partial charge in [0, 0.05) is 17.2 Å². The summed E-state index contributed by atoms with van der Waals surface area (Å²) in [6.45, 7) is 4.49. The second-order valence-electron chi connectivity index (χ2n) is 4.33. The van der Waals surface area contributed by atoms with Crippen molar-refractivity contribution in [1.29, 1.82) is 0 Å². The average molecular weight is 317 g/mol. The van der Waals surface area contributed by atoms with Gasteiger partial charge in [-0.3, -0.25) is 0 Å². The summed E-state index contributed by atoms with van der Waals surface area (Å²) in [5.74, 6) is -1.06. The summed E-state index contributed by atoms with van der Waals surface area (Å²) in [6, 6.07) is -0.580. The van der Waals surface area contributed by atoms with Gasteiger partial charge in [-0.2, -0.15) is 11.8 Å². The molecule has 112 valence electrons. The molecular weight excluding hydrogens is 298 g/mol. The third kappa shape index (κ3) is 5.38. The molecule has 1 heterocycles. The van der Waals surface area contributed by atoms with Crippen molar-refractivity contribution in [1.82, 2.24) is 15.6 Å². The Bertz CT molecular complexity index is 465. The summed E-state index contributed by atoms with van der Waals surface area (Å²) in [4.78, 5) is 26.4. The zero-order valence-electron chi connectivity index (χ0n) is 11.7. The van der Waals surface area contributed by atoms with Crippen LogP contribution in [0.25, 0.3) is 0 Å². The van der Waals surface area contributed by atoms with E-state index in [0.717, 1.165) is 6.42 Å². The van der Waals surface area contributed by atoms with E-state index < -0.39 is 5.97 Å². The van der Waals surface area contributed by atoms with Crippen molar-refractivity contribution >= 4 is 35.1 Å². The van der Waals surface area contributed by atoms with Crippen LogP contribution in [0.4, 0.5) is 4.79 Å². The number of aromatic nitrogens is 1. The van der Waals surface area contributed by atoms with Crippen LogP contribution in [0.15, 0.2) is 5.38 Å². The molecule has 0 radical (unpaired) electrons. The Morgan fingerprint density at radius 2 is 2.20 bits per heavy atom. The lowest BCUT2D eigenvalue weighted by Gasteiger charge is -2.13. The zero-order valence-corrected chi connectivity index (χ0v) is 13.3. The van der Waals surface area contributed by atoms with E-state index in [1.807, 2.05) is 6.26 Å². The third-order valence-corrected chi connectivity index (χ3v) is 4.77. The van der Waals surface area contributed by atoms with Gasteiger partial charge in [0.25, 0.3) is 0 Å². The first-order chi connectivity index (χ1) is 9.43. The van der Waals surface area contributed by atoms with Crippen molar-refractivity contribution in [2.75, 3.05) is 12.8 Å². The highest BCUT2D eigenvalue weighted by atomic mass is 32.2. The van der Waals surface area contributed by atoms with Crippen molar-refractivity contribution in [2.45, 2.75) is 31.6 Å². The SMILES string of the molecule is CSC(C)CCNC(=O)NC(C)c1nc(C(=O)O)cs1. The molecule has 0 bridgehead atoms. The molecule has 2 unspecified atom stereocenters. The molecule has 0 aliphatic carbocycles. The second kappa shape index (κ2) is 8.11. The number of nitrogens with zero attached hydrogens (tertiary/aromatic N) is 1. The number of carboxylic acids is 1. The highest BCUT2D eigenvalue weighted by Crippen LogP contribution is 2.17. The standard InChI is InChI=1S/C12H19N3O3S2/c1-7(19-3)4-5-13-12(18)14-8(2)10-15-9(6-20-10)11(16)17/h6-8H,4-5H2,1-3H3,(H,16,17)(H2,13,14,18). The summed E-state index contributed by atoms with van der Waals surface area (Å²) in [5, 5.41) is 16.9. The van der Waals surface area contributed by atoms with E-state index >= 15 is 0 Å². The van der Waals surface area contributed by atoms with E-state index in [4.69, 9.17) is 5.11 Å². The summed E-state index contributed by atoms with van der Waals surface area (Å²) in [7, 11) is 0. The molecule has 2 atom stereocenters. The van der Waals surface area contributed by atoms with Crippen molar-refractivity contribution < 1.29 is 14.7 Å². The molecule has 3 N–H and O–H groups in total. The van der Waals surface area contributed by atoms with Crippen LogP contribution in [0.1, 0.15) is 41.8 Å². The summed E-state index contributed by atoms with van der Waals surface area (Å²) >= 11 is 2.98. The fraction of sp³-hybridized carbons (Fsp3) is 0.583. The Kier molecular flexibility index (Phi) is 6.80. The molecule has 0 saturated heterocycles. The molecule has 0 saturated carbocycles. The number of rotatable bonds is 7. The van der Waals surface area contributed by atoms with Gasteiger partial charge in [-0.05, 0) is 19.6 Å². The van der Waals surface area contributed by atoms with Crippen LogP contribution in [0.2, 0.25) is 0 Å². The van der Waals surface area contributed by atoms with E-state index in [0.29, 0.717) is 16.8 Å². The zero-order chi connectivity index (χ0) is 15.1. The Morgan fingerprint density at radius 1 is 1.50 bits per heavy atom. The Morgan fingerprint density at radius 3 is 2.75 bits per heavy atom. The molecule has 8 heteroatoms. The maximum atomic E-state index is 11.7. The molecule has 1 aromatic heterocycles. The number of thioether (sulfide) groups is 1. The molecule has 20 heavy (non-hydrogen) atoms. The van der Waals surface area contributed by atoms with Crippen molar-refractivity contribution in [2.24, 2.45) is 0 Å². The lowest BCUT2D eigenvalue weighted by atomic mass is 10.3. The van der Waals surface area contributed by atoms with E-state index in [-0.39, 0.29) is 17.8 Å². The van der Waals surface area contributed by atoms with Gasteiger partial charge in [0.15, 0.2) is 5.69 Å². The second-order valence-corrected chi connectivity index (χ2v) is 6.50. The normalized spacial score (nSPS) is 13.6. The van der Waals surface area contributed by atoms with Gasteiger partial charge in [-0.15, -0.1) is 11.3 Å². The lowest BCUT2D eigenvalue weighted by molar-refractivity contribution is 0.0691. The van der Waals surface area contributed by atoms with Crippen LogP contribution >= 0.6 is 23.1 Å². The molecule has 0 spiro atoms. The van der Waals surface area contributed by atoms with Crippen molar-refractivity contribution in [3.63, 3.8) is 0 Å². The maximum absolute atomic E-state index is 11.7. The predicted molar refractivity (Wildman–Crippen MR) is 81.6 cm³/mol. The smallest absolute Gasteiger partial charge is 0.355 e. The fourth-order valence-corrected chi connectivity index (χ4v) is 2.55. The molecule has 6 nitrogen and oxygen atoms in total. The Labute approximate surface area is 126 Å². The topological polar surface area (TPSA) is 91.3 Å². The molecule has 0 aromatic carbocycles. The summed E-state index contributed by atoms with van der Waals surface area (Å²) < 4.78 is 0. The first-order valence-electron chi connectivity index (χ1n) is 6.20. The summed E-state index contributed by atoms with van der Waals surface area (Å²) in [5.41, 5.74) is 0.00727. The largest absolute Gasteiger partial charge is 0.476 e. The molecule has 2 amide bonds. The van der Waals surface area contributed by atoms with E-state index in [9.17, 15) is 9.59 Å². The highest BCUT2D eigenvalue weighted by molar-refractivity contribution is 7.99. The maximum Gasteiger partial charge on any atom is 0.355 e. The number of thiazole rings is 1. The number of carbonyl (C=O) groups is 2. The number of aromatic carboxylic acids is 1. The Hall–Kier alpha value is -1.28. The number of hydrogen-bond acceptors (Lipinski definition) is 5. The lowest BCUT2D eigenvalue weighted by Crippen LogP contribution is -2.38. The van der Waals surface area contributed by atoms with Crippen LogP contribution in [-0.2, 0) is 0 Å². The van der Waals surface area contributed by atoms with E-state index in [1.165, 1.54) is 16.7 Å². The number of hydrogen-bond donors (Lipinski definition) is 3. The van der Waals surface area contributed by atoms with Crippen molar-refractivity contribution in [3.8, 4) is 0 Å². The monoisotopic (exact) mass is 317 g/mol. The number of amides is 2. The molecule has 0 fully saturated rings. The molecule has 1 rings (SSSR count). The third-order valence-electron chi connectivity index (χ3n) is 2.70. The first-order valence-corrected chi connectivity index (χ1v) is 8.36. The molecule has 0 aliphatic heterocycles. The highest BCUT2D eigenvalue weighted by Gasteiger charge is 2.15. The van der Waals surface area contributed by atoms with Gasteiger partial charge in [-0.25, -0.2) is 14.6 Å². The molecule has 0 aliphatic rings. The predicted octanol–water partition coefficient (Wildman–Crippen LogP) is 2.34. The number of carbonyl (C=O) groups excluding carboxylic acids is 1. The van der Waals surface area contributed by atoms with Gasteiger partial charge < -0.3 is 15.7 Å². The van der Waals surface area contributed by atoms with Crippen LogP contribution < -0.4 is 10.6 Å². The van der Waals surface area contributed by atoms with Gasteiger partial charge in [0.2, 0.25) is 0 Å². The van der Waals surface area contributed by atoms with E-state index in [2.05, 4.69) is 22.5 Å². The van der Waals surface area contributed by atoms with Crippen LogP contribution in [0, 0.1) is 0 Å². The van der Waals surface area contributed by atoms with Crippen molar-refractivity contribution in [3.05, 3.63) is 16.1 Å². The number of nitrogens with one attached hydrogen (secondary N) is 2. The van der Waals surface area contributed by atoms with Gasteiger partial charge in [0.05, 0.1) is 6.04 Å². The number of urea groups is 1. The van der Waals surface area contributed by atoms with Gasteiger partial charge >= 0.3 is 12.0 Å². The minimum atomic E-state index is -1.06. The fourth-order valence-electron chi connectivity index (χ4n) is 1.40. The average Bonchev–Trinajstić information content (AvgIpc) is 2.88. The minimum Gasteiger partial charge on any atom is -0.476 e. The van der Waals surface area contributed by atoms with Crippen LogP contribution in [0.3, 0.4) is 0 Å². The number of carboxylic acid groups (broad SMARTS) is 1. The van der Waals surface area contributed by atoms with Gasteiger partial charge in [0.1, 0.15) is 5.01 Å². The van der Waals surface area contributed by atoms with Crippen LogP contribution in [-0.4, -0.2) is 40.1 Å². The van der Waals surface area contributed by atoms with Gasteiger partial charge in [-0.1, -0.05) is 6.92 Å². The minimum absolute atomic E-state index is 0.00727. The first kappa shape index (κ1) is 16.8. The van der Waals surface area contributed by atoms with Crippen LogP contribution in [0.5, 0.6) is 0 Å². The molecule has 1 aromatic rings. The Balaban J connectivity index is 2.38. The van der Waals surface area contributed by atoms with E-state index in [1.54, 1.807) is 18.7 Å².